The van der Waals surface area contributed by atoms with E-state index in [0.29, 0.717) is 16.7 Å². The van der Waals surface area contributed by atoms with Crippen LogP contribution < -0.4 is 10.9 Å². The summed E-state index contributed by atoms with van der Waals surface area (Å²) in [5.41, 5.74) is -7.46. The quantitative estimate of drug-likeness (QED) is 0.479. The van der Waals surface area contributed by atoms with Crippen molar-refractivity contribution in [1.82, 2.24) is 9.55 Å². The molecule has 0 saturated heterocycles. The molecule has 0 aliphatic carbocycles. The summed E-state index contributed by atoms with van der Waals surface area (Å²) in [5.74, 6) is -0.971. The number of nitrogens with one attached hydrogen (secondary N) is 1. The molecule has 0 saturated carbocycles. The van der Waals surface area contributed by atoms with Gasteiger partial charge in [-0.3, -0.25) is 4.79 Å². The van der Waals surface area contributed by atoms with Crippen LogP contribution in [0.5, 0.6) is 0 Å². The van der Waals surface area contributed by atoms with Crippen LogP contribution in [-0.4, -0.2) is 9.55 Å². The Morgan fingerprint density at radius 2 is 1.38 bits per heavy atom. The minimum absolute atomic E-state index is 0.0401. The number of hydrogen-bond donors (Lipinski definition) is 1. The smallest absolute Gasteiger partial charge is 0.325 e. The van der Waals surface area contributed by atoms with Crippen molar-refractivity contribution in [3.8, 4) is 5.69 Å². The number of anilines is 2. The average Bonchev–Trinajstić information content (AvgIpc) is 2.66. The van der Waals surface area contributed by atoms with Gasteiger partial charge in [0.1, 0.15) is 0 Å². The fourth-order valence-corrected chi connectivity index (χ4v) is 2.72. The van der Waals surface area contributed by atoms with Crippen molar-refractivity contribution in [2.24, 2.45) is 0 Å². The van der Waals surface area contributed by atoms with E-state index in [0.717, 1.165) is 0 Å². The van der Waals surface area contributed by atoms with Crippen LogP contribution in [0, 0.1) is 0 Å². The Balaban J connectivity index is 2.24. The van der Waals surface area contributed by atoms with Crippen molar-refractivity contribution in [3.63, 3.8) is 0 Å². The molecule has 13 heteroatoms. The zero-order chi connectivity index (χ0) is 23.9. The molecule has 3 aromatic rings. The van der Waals surface area contributed by atoms with Crippen molar-refractivity contribution in [2.75, 3.05) is 5.32 Å². The number of benzene rings is 2. The number of hydrogen-bond acceptors (Lipinski definition) is 3. The Bertz CT molecular complexity index is 1180. The van der Waals surface area contributed by atoms with Gasteiger partial charge in [-0.15, -0.1) is 0 Å². The zero-order valence-corrected chi connectivity index (χ0v) is 15.4. The lowest BCUT2D eigenvalue weighted by Crippen LogP contribution is -2.26. The second-order valence-electron chi connectivity index (χ2n) is 6.35. The van der Waals surface area contributed by atoms with E-state index in [4.69, 9.17) is 0 Å². The minimum atomic E-state index is -5.30. The molecule has 0 aliphatic rings. The standard InChI is InChI=1S/C19H10F9N3O/c20-17(21,22)10-6-7-13(12(8-10)18(23,24)25)29-16-30-14(19(26,27)28)9-15(32)31(16)11-4-2-1-3-5-11/h1-9H,(H,29,30). The Hall–Kier alpha value is -3.51. The molecule has 2 aromatic carbocycles. The largest absolute Gasteiger partial charge is 0.433 e. The van der Waals surface area contributed by atoms with Gasteiger partial charge in [-0.05, 0) is 30.3 Å². The number of para-hydroxylation sites is 1. The Morgan fingerprint density at radius 3 is 1.91 bits per heavy atom. The first-order chi connectivity index (χ1) is 14.7. The van der Waals surface area contributed by atoms with Crippen LogP contribution in [0.2, 0.25) is 0 Å². The van der Waals surface area contributed by atoms with Crippen LogP contribution in [-0.2, 0) is 18.5 Å². The first-order valence-electron chi connectivity index (χ1n) is 8.50. The molecule has 170 valence electrons. The third kappa shape index (κ3) is 4.86. The zero-order valence-electron chi connectivity index (χ0n) is 15.4. The van der Waals surface area contributed by atoms with E-state index in [1.165, 1.54) is 30.3 Å². The van der Waals surface area contributed by atoms with E-state index >= 15 is 0 Å². The summed E-state index contributed by atoms with van der Waals surface area (Å²) in [7, 11) is 0. The predicted octanol–water partition coefficient (Wildman–Crippen LogP) is 6.03. The molecule has 32 heavy (non-hydrogen) atoms. The highest BCUT2D eigenvalue weighted by atomic mass is 19.4. The van der Waals surface area contributed by atoms with Crippen molar-refractivity contribution < 1.29 is 39.5 Å². The molecule has 0 aliphatic heterocycles. The maximum Gasteiger partial charge on any atom is 0.433 e. The molecule has 0 radical (unpaired) electrons. The van der Waals surface area contributed by atoms with Gasteiger partial charge in [0.15, 0.2) is 5.69 Å². The summed E-state index contributed by atoms with van der Waals surface area (Å²) in [4.78, 5) is 15.6. The fraction of sp³-hybridized carbons (Fsp3) is 0.158. The molecular weight excluding hydrogens is 457 g/mol. The van der Waals surface area contributed by atoms with E-state index in [1.54, 1.807) is 0 Å². The summed E-state index contributed by atoms with van der Waals surface area (Å²) >= 11 is 0. The maximum absolute atomic E-state index is 13.4. The second kappa shape index (κ2) is 7.88. The highest BCUT2D eigenvalue weighted by Crippen LogP contribution is 2.40. The Labute approximate surface area is 172 Å². The summed E-state index contributed by atoms with van der Waals surface area (Å²) in [6.45, 7) is 0. The maximum atomic E-state index is 13.4. The van der Waals surface area contributed by atoms with Crippen molar-refractivity contribution in [1.29, 1.82) is 0 Å². The van der Waals surface area contributed by atoms with Crippen LogP contribution >= 0.6 is 0 Å². The van der Waals surface area contributed by atoms with E-state index in [1.807, 2.05) is 5.32 Å². The molecule has 0 bridgehead atoms. The summed E-state index contributed by atoms with van der Waals surface area (Å²) < 4.78 is 119. The van der Waals surface area contributed by atoms with Gasteiger partial charge in [0.2, 0.25) is 5.95 Å². The molecule has 0 unspecified atom stereocenters. The van der Waals surface area contributed by atoms with Crippen molar-refractivity contribution in [3.05, 3.63) is 81.8 Å². The molecule has 0 amide bonds. The van der Waals surface area contributed by atoms with Gasteiger partial charge in [-0.2, -0.15) is 39.5 Å². The third-order valence-corrected chi connectivity index (χ3v) is 4.12. The van der Waals surface area contributed by atoms with Crippen molar-refractivity contribution in [2.45, 2.75) is 18.5 Å². The Morgan fingerprint density at radius 1 is 0.750 bits per heavy atom. The lowest BCUT2D eigenvalue weighted by Gasteiger charge is -2.19. The van der Waals surface area contributed by atoms with Crippen LogP contribution in [0.1, 0.15) is 16.8 Å². The number of alkyl halides is 9. The lowest BCUT2D eigenvalue weighted by molar-refractivity contribution is -0.143. The lowest BCUT2D eigenvalue weighted by atomic mass is 10.1. The van der Waals surface area contributed by atoms with Gasteiger partial charge in [0.05, 0.1) is 22.5 Å². The molecule has 4 nitrogen and oxygen atoms in total. The van der Waals surface area contributed by atoms with Crippen LogP contribution in [0.3, 0.4) is 0 Å². The van der Waals surface area contributed by atoms with Gasteiger partial charge in [-0.25, -0.2) is 9.55 Å². The molecule has 0 fully saturated rings. The fourth-order valence-electron chi connectivity index (χ4n) is 2.72. The molecule has 0 atom stereocenters. The second-order valence-corrected chi connectivity index (χ2v) is 6.35. The third-order valence-electron chi connectivity index (χ3n) is 4.12. The van der Waals surface area contributed by atoms with Gasteiger partial charge in [0.25, 0.3) is 5.56 Å². The van der Waals surface area contributed by atoms with E-state index in [-0.39, 0.29) is 17.8 Å². The number of aromatic nitrogens is 2. The van der Waals surface area contributed by atoms with Crippen LogP contribution in [0.4, 0.5) is 51.1 Å². The highest BCUT2D eigenvalue weighted by Gasteiger charge is 2.39. The minimum Gasteiger partial charge on any atom is -0.325 e. The summed E-state index contributed by atoms with van der Waals surface area (Å²) in [6.07, 6.45) is -15.5. The molecule has 3 rings (SSSR count). The highest BCUT2D eigenvalue weighted by molar-refractivity contribution is 5.62. The topological polar surface area (TPSA) is 46.9 Å². The Kier molecular flexibility index (Phi) is 5.70. The van der Waals surface area contributed by atoms with Gasteiger partial charge >= 0.3 is 18.5 Å². The van der Waals surface area contributed by atoms with Crippen LogP contribution in [0.25, 0.3) is 5.69 Å². The first-order valence-corrected chi connectivity index (χ1v) is 8.50. The number of rotatable bonds is 3. The van der Waals surface area contributed by atoms with E-state index in [9.17, 15) is 44.3 Å². The SMILES string of the molecule is O=c1cc(C(F)(F)F)nc(Nc2ccc(C(F)(F)F)cc2C(F)(F)F)n1-c1ccccc1. The summed E-state index contributed by atoms with van der Waals surface area (Å²) in [5, 5.41) is 1.94. The van der Waals surface area contributed by atoms with Gasteiger partial charge < -0.3 is 5.32 Å². The molecular formula is C19H10F9N3O. The number of nitrogens with zero attached hydrogens (tertiary/aromatic N) is 2. The van der Waals surface area contributed by atoms with E-state index in [2.05, 4.69) is 4.98 Å². The predicted molar refractivity (Wildman–Crippen MR) is 94.6 cm³/mol. The molecule has 0 spiro atoms. The molecule has 1 aromatic heterocycles. The average molecular weight is 467 g/mol. The van der Waals surface area contributed by atoms with Crippen molar-refractivity contribution >= 4 is 11.6 Å². The van der Waals surface area contributed by atoms with Gasteiger partial charge in [-0.1, -0.05) is 18.2 Å². The molecule has 1 heterocycles. The summed E-state index contributed by atoms with van der Waals surface area (Å²) in [6, 6.07) is 7.54. The monoisotopic (exact) mass is 467 g/mol. The number of halogens is 9. The van der Waals surface area contributed by atoms with E-state index < -0.39 is 52.5 Å². The first kappa shape index (κ1) is 23.2. The van der Waals surface area contributed by atoms with Gasteiger partial charge in [0, 0.05) is 6.07 Å². The normalized spacial score (nSPS) is 12.7. The van der Waals surface area contributed by atoms with Crippen LogP contribution in [0.15, 0.2) is 59.4 Å². The molecule has 1 N–H and O–H groups in total.